The predicted octanol–water partition coefficient (Wildman–Crippen LogP) is 3.23. The monoisotopic (exact) mass is 278 g/mol. The third-order valence-electron chi connectivity index (χ3n) is 2.55. The van der Waals surface area contributed by atoms with Crippen LogP contribution in [0, 0.1) is 0 Å². The van der Waals surface area contributed by atoms with Crippen LogP contribution in [0.4, 0.5) is 0 Å². The van der Waals surface area contributed by atoms with Crippen molar-refractivity contribution >= 4 is 32.7 Å². The summed E-state index contributed by atoms with van der Waals surface area (Å²) in [6.07, 6.45) is 0.497. The van der Waals surface area contributed by atoms with Crippen LogP contribution in [-0.2, 0) is 11.2 Å². The van der Waals surface area contributed by atoms with Crippen LogP contribution >= 0.6 is 15.9 Å². The van der Waals surface area contributed by atoms with Crippen molar-refractivity contribution in [3.8, 4) is 0 Å². The fourth-order valence-corrected chi connectivity index (χ4v) is 2.10. The number of carbonyl (C=O) groups is 1. The van der Waals surface area contributed by atoms with Crippen molar-refractivity contribution in [2.45, 2.75) is 11.2 Å². The lowest BCUT2D eigenvalue weighted by molar-refractivity contribution is -0.136. The van der Waals surface area contributed by atoms with Gasteiger partial charge in [0.2, 0.25) is 0 Å². The van der Waals surface area contributed by atoms with Crippen molar-refractivity contribution in [3.63, 3.8) is 0 Å². The quantitative estimate of drug-likeness (QED) is 0.876. The van der Waals surface area contributed by atoms with Crippen LogP contribution in [0.3, 0.4) is 0 Å². The number of halogens is 1. The van der Waals surface area contributed by atoms with Crippen molar-refractivity contribution in [1.29, 1.82) is 0 Å². The molecule has 0 bridgehead atoms. The van der Waals surface area contributed by atoms with Gasteiger partial charge in [-0.3, -0.25) is 4.79 Å². The number of hydrogen-bond donors (Lipinski definition) is 1. The molecular weight excluding hydrogens is 268 g/mol. The minimum Gasteiger partial charge on any atom is -0.480 e. The number of fused-ring (bicyclic) bond motifs is 1. The van der Waals surface area contributed by atoms with Gasteiger partial charge in [-0.15, -0.1) is 0 Å². The van der Waals surface area contributed by atoms with Crippen molar-refractivity contribution in [2.24, 2.45) is 0 Å². The lowest BCUT2D eigenvalue weighted by Gasteiger charge is -2.08. The van der Waals surface area contributed by atoms with Gasteiger partial charge >= 0.3 is 5.97 Å². The number of hydrogen-bond acceptors (Lipinski definition) is 1. The van der Waals surface area contributed by atoms with Crippen molar-refractivity contribution < 1.29 is 9.90 Å². The highest BCUT2D eigenvalue weighted by Crippen LogP contribution is 2.21. The first kappa shape index (κ1) is 11.1. The van der Waals surface area contributed by atoms with Gasteiger partial charge in [-0.25, -0.2) is 0 Å². The molecule has 2 aromatic carbocycles. The van der Waals surface area contributed by atoms with E-state index in [1.165, 1.54) is 0 Å². The highest BCUT2D eigenvalue weighted by Gasteiger charge is 2.14. The highest BCUT2D eigenvalue weighted by atomic mass is 79.9. The summed E-state index contributed by atoms with van der Waals surface area (Å²) in [5.41, 5.74) is 1.06. The van der Waals surface area contributed by atoms with E-state index in [2.05, 4.69) is 15.9 Å². The second kappa shape index (κ2) is 4.66. The first-order chi connectivity index (χ1) is 7.68. The molecule has 0 unspecified atom stereocenters. The first-order valence-electron chi connectivity index (χ1n) is 5.02. The molecule has 0 amide bonds. The Bertz CT molecular complexity index is 517. The molecule has 0 heterocycles. The fourth-order valence-electron chi connectivity index (χ4n) is 1.75. The zero-order valence-electron chi connectivity index (χ0n) is 8.56. The van der Waals surface area contributed by atoms with E-state index in [0.717, 1.165) is 16.3 Å². The van der Waals surface area contributed by atoms with Crippen LogP contribution in [0.15, 0.2) is 42.5 Å². The summed E-state index contributed by atoms with van der Waals surface area (Å²) in [6, 6.07) is 14.0. The second-order valence-corrected chi connectivity index (χ2v) is 4.75. The van der Waals surface area contributed by atoms with E-state index in [1.807, 2.05) is 42.5 Å². The van der Waals surface area contributed by atoms with Gasteiger partial charge in [-0.2, -0.15) is 0 Å². The summed E-state index contributed by atoms with van der Waals surface area (Å²) in [6.45, 7) is 0. The minimum atomic E-state index is -0.826. The molecule has 2 nitrogen and oxygen atoms in total. The molecular formula is C13H11BrO2. The zero-order chi connectivity index (χ0) is 11.5. The third-order valence-corrected chi connectivity index (χ3v) is 3.26. The smallest absolute Gasteiger partial charge is 0.317 e. The van der Waals surface area contributed by atoms with Crippen LogP contribution in [0.25, 0.3) is 10.8 Å². The highest BCUT2D eigenvalue weighted by molar-refractivity contribution is 9.10. The maximum atomic E-state index is 10.8. The first-order valence-corrected chi connectivity index (χ1v) is 5.93. The van der Waals surface area contributed by atoms with Crippen molar-refractivity contribution in [2.75, 3.05) is 0 Å². The lowest BCUT2D eigenvalue weighted by Crippen LogP contribution is -2.15. The predicted molar refractivity (Wildman–Crippen MR) is 68.0 cm³/mol. The molecule has 0 aliphatic carbocycles. The van der Waals surface area contributed by atoms with E-state index >= 15 is 0 Å². The van der Waals surface area contributed by atoms with Gasteiger partial charge < -0.3 is 5.11 Å². The van der Waals surface area contributed by atoms with Gasteiger partial charge in [-0.1, -0.05) is 58.4 Å². The normalized spacial score (nSPS) is 12.6. The van der Waals surface area contributed by atoms with Gasteiger partial charge in [0.25, 0.3) is 0 Å². The maximum absolute atomic E-state index is 10.8. The molecule has 16 heavy (non-hydrogen) atoms. The number of carboxylic acid groups (broad SMARTS) is 1. The van der Waals surface area contributed by atoms with E-state index in [9.17, 15) is 4.79 Å². The molecule has 82 valence electrons. The summed E-state index contributed by atoms with van der Waals surface area (Å²) in [5.74, 6) is -0.826. The molecule has 0 saturated heterocycles. The van der Waals surface area contributed by atoms with Crippen LogP contribution in [0.2, 0.25) is 0 Å². The van der Waals surface area contributed by atoms with Crippen LogP contribution in [0.5, 0.6) is 0 Å². The molecule has 1 atom stereocenters. The zero-order valence-corrected chi connectivity index (χ0v) is 10.1. The van der Waals surface area contributed by atoms with E-state index in [1.54, 1.807) is 0 Å². The van der Waals surface area contributed by atoms with E-state index in [-0.39, 0.29) is 0 Å². The maximum Gasteiger partial charge on any atom is 0.317 e. The summed E-state index contributed by atoms with van der Waals surface area (Å²) in [5, 5.41) is 11.1. The number of aliphatic carboxylic acids is 1. The Kier molecular flexibility index (Phi) is 3.25. The molecule has 1 N–H and O–H groups in total. The molecule has 2 rings (SSSR count). The Morgan fingerprint density at radius 3 is 2.62 bits per heavy atom. The van der Waals surface area contributed by atoms with Gasteiger partial charge in [-0.05, 0) is 22.8 Å². The van der Waals surface area contributed by atoms with Crippen LogP contribution in [-0.4, -0.2) is 15.9 Å². The minimum absolute atomic E-state index is 0.497. The van der Waals surface area contributed by atoms with Crippen molar-refractivity contribution in [3.05, 3.63) is 48.0 Å². The van der Waals surface area contributed by atoms with E-state index < -0.39 is 10.8 Å². The Labute approximate surface area is 102 Å². The van der Waals surface area contributed by atoms with Crippen molar-refractivity contribution in [1.82, 2.24) is 0 Å². The average molecular weight is 279 g/mol. The summed E-state index contributed by atoms with van der Waals surface area (Å²) >= 11 is 3.17. The third kappa shape index (κ3) is 2.25. The Hall–Kier alpha value is -1.35. The second-order valence-electron chi connectivity index (χ2n) is 3.65. The topological polar surface area (TPSA) is 37.3 Å². The summed E-state index contributed by atoms with van der Waals surface area (Å²) in [7, 11) is 0. The number of alkyl halides is 1. The van der Waals surface area contributed by atoms with Gasteiger partial charge in [0.1, 0.15) is 4.83 Å². The van der Waals surface area contributed by atoms with Gasteiger partial charge in [0, 0.05) is 0 Å². The molecule has 0 radical (unpaired) electrons. The molecule has 2 aromatic rings. The number of benzene rings is 2. The molecule has 0 saturated carbocycles. The summed E-state index contributed by atoms with van der Waals surface area (Å²) in [4.78, 5) is 10.3. The van der Waals surface area contributed by atoms with Crippen LogP contribution in [0.1, 0.15) is 5.56 Å². The van der Waals surface area contributed by atoms with Gasteiger partial charge in [0.15, 0.2) is 0 Å². The largest absolute Gasteiger partial charge is 0.480 e. The van der Waals surface area contributed by atoms with Gasteiger partial charge in [0.05, 0.1) is 0 Å². The Morgan fingerprint density at radius 1 is 1.19 bits per heavy atom. The van der Waals surface area contributed by atoms with Crippen LogP contribution < -0.4 is 0 Å². The molecule has 0 aromatic heterocycles. The summed E-state index contributed by atoms with van der Waals surface area (Å²) < 4.78 is 0. The molecule has 0 aliphatic heterocycles. The molecule has 0 fully saturated rings. The Morgan fingerprint density at radius 2 is 1.88 bits per heavy atom. The number of rotatable bonds is 3. The Balaban J connectivity index is 2.41. The SMILES string of the molecule is O=C(O)[C@@H](Br)Cc1cccc2ccccc12. The average Bonchev–Trinajstić information content (AvgIpc) is 2.29. The molecule has 0 spiro atoms. The van der Waals surface area contributed by atoms with E-state index in [0.29, 0.717) is 6.42 Å². The van der Waals surface area contributed by atoms with E-state index in [4.69, 9.17) is 5.11 Å². The number of carboxylic acids is 1. The molecule has 0 aliphatic rings. The standard InChI is InChI=1S/C13H11BrO2/c14-12(13(15)16)8-10-6-3-5-9-4-1-2-7-11(9)10/h1-7,12H,8H2,(H,15,16)/t12-/m0/s1. The fraction of sp³-hybridized carbons (Fsp3) is 0.154. The lowest BCUT2D eigenvalue weighted by atomic mass is 10.0. The molecule has 3 heteroatoms.